The summed E-state index contributed by atoms with van der Waals surface area (Å²) in [6, 6.07) is 0. The van der Waals surface area contributed by atoms with Crippen molar-refractivity contribution in [3.63, 3.8) is 0 Å². The molecule has 1 rings (SSSR count). The highest BCUT2D eigenvalue weighted by Gasteiger charge is 2.39. The first-order valence-electron chi connectivity index (χ1n) is 5.88. The monoisotopic (exact) mass is 279 g/mol. The van der Waals surface area contributed by atoms with E-state index in [0.29, 0.717) is 19.4 Å². The molecule has 106 valence electrons. The van der Waals surface area contributed by atoms with Crippen LogP contribution >= 0.6 is 0 Å². The van der Waals surface area contributed by atoms with Crippen molar-refractivity contribution >= 4 is 15.9 Å². The number of carbonyl (C=O) groups excluding carboxylic acids is 1. The third-order valence-electron chi connectivity index (χ3n) is 3.14. The average molecular weight is 279 g/mol. The molecule has 1 amide bonds. The Hall–Kier alpha value is -0.700. The molecule has 4 N–H and O–H groups in total. The quantitative estimate of drug-likeness (QED) is 0.543. The van der Waals surface area contributed by atoms with Gasteiger partial charge in [0.15, 0.2) is 0 Å². The number of nitrogens with two attached hydrogens (primary N) is 1. The summed E-state index contributed by atoms with van der Waals surface area (Å²) in [6.45, 7) is 1.89. The lowest BCUT2D eigenvalue weighted by Crippen LogP contribution is -2.51. The molecule has 0 spiro atoms. The van der Waals surface area contributed by atoms with Crippen LogP contribution in [0.4, 0.5) is 0 Å². The van der Waals surface area contributed by atoms with Crippen LogP contribution in [0.2, 0.25) is 0 Å². The lowest BCUT2D eigenvalue weighted by Gasteiger charge is -2.35. The number of hydrogen-bond donors (Lipinski definition) is 3. The van der Waals surface area contributed by atoms with Gasteiger partial charge in [-0.1, -0.05) is 0 Å². The second kappa shape index (κ2) is 6.46. The Morgan fingerprint density at radius 1 is 1.44 bits per heavy atom. The van der Waals surface area contributed by atoms with Crippen LogP contribution in [0.5, 0.6) is 0 Å². The Morgan fingerprint density at radius 3 is 2.56 bits per heavy atom. The summed E-state index contributed by atoms with van der Waals surface area (Å²) in [5, 5.41) is 10.7. The van der Waals surface area contributed by atoms with Gasteiger partial charge < -0.3 is 15.4 Å². The van der Waals surface area contributed by atoms with E-state index in [-0.39, 0.29) is 18.2 Å². The summed E-state index contributed by atoms with van der Waals surface area (Å²) in [5.74, 6) is -0.408. The second-order valence-electron chi connectivity index (χ2n) is 4.59. The van der Waals surface area contributed by atoms with Crippen molar-refractivity contribution in [1.82, 2.24) is 10.6 Å². The Morgan fingerprint density at radius 2 is 2.06 bits per heavy atom. The highest BCUT2D eigenvalue weighted by Crippen LogP contribution is 2.29. The van der Waals surface area contributed by atoms with E-state index < -0.39 is 15.4 Å². The summed E-state index contributed by atoms with van der Waals surface area (Å²) in [4.78, 5) is 12.1. The van der Waals surface area contributed by atoms with Gasteiger partial charge in [-0.15, -0.1) is 0 Å². The van der Waals surface area contributed by atoms with Gasteiger partial charge in [-0.2, -0.15) is 0 Å². The molecule has 0 aliphatic carbocycles. The smallest absolute Gasteiger partial charge is 0.228 e. The summed E-state index contributed by atoms with van der Waals surface area (Å²) in [6.07, 6.45) is 1.37. The van der Waals surface area contributed by atoms with Crippen LogP contribution in [0.3, 0.4) is 0 Å². The summed E-state index contributed by atoms with van der Waals surface area (Å²) in [7, 11) is -1.98. The molecule has 7 nitrogen and oxygen atoms in total. The SMILES string of the molecule is COCC1(C(=O)NCCS(N)(=O)=O)CCNCC1. The highest BCUT2D eigenvalue weighted by atomic mass is 32.2. The van der Waals surface area contributed by atoms with Gasteiger partial charge in [-0.3, -0.25) is 4.79 Å². The summed E-state index contributed by atoms with van der Waals surface area (Å²) >= 11 is 0. The summed E-state index contributed by atoms with van der Waals surface area (Å²) < 4.78 is 26.7. The second-order valence-corrected chi connectivity index (χ2v) is 6.32. The first-order chi connectivity index (χ1) is 8.40. The molecule has 1 aliphatic heterocycles. The van der Waals surface area contributed by atoms with Gasteiger partial charge in [0.05, 0.1) is 17.8 Å². The molecular formula is C10H21N3O4S. The van der Waals surface area contributed by atoms with Crippen LogP contribution in [0.15, 0.2) is 0 Å². The number of rotatable bonds is 6. The minimum atomic E-state index is -3.54. The van der Waals surface area contributed by atoms with Crippen molar-refractivity contribution in [3.05, 3.63) is 0 Å². The maximum atomic E-state index is 12.1. The van der Waals surface area contributed by atoms with Crippen LogP contribution in [-0.4, -0.2) is 53.4 Å². The molecular weight excluding hydrogens is 258 g/mol. The molecule has 1 fully saturated rings. The average Bonchev–Trinajstić information content (AvgIpc) is 2.29. The van der Waals surface area contributed by atoms with Crippen LogP contribution in [0, 0.1) is 5.41 Å². The lowest BCUT2D eigenvalue weighted by molar-refractivity contribution is -0.136. The third-order valence-corrected chi connectivity index (χ3v) is 3.91. The van der Waals surface area contributed by atoms with Gasteiger partial charge in [0.25, 0.3) is 0 Å². The van der Waals surface area contributed by atoms with E-state index in [4.69, 9.17) is 9.88 Å². The minimum absolute atomic E-state index is 0.0383. The molecule has 1 heterocycles. The maximum absolute atomic E-state index is 12.1. The predicted octanol–water partition coefficient (Wildman–Crippen LogP) is -1.59. The van der Waals surface area contributed by atoms with Crippen molar-refractivity contribution < 1.29 is 17.9 Å². The van der Waals surface area contributed by atoms with Crippen molar-refractivity contribution in [2.24, 2.45) is 10.6 Å². The topological polar surface area (TPSA) is 111 Å². The Bertz CT molecular complexity index is 371. The fourth-order valence-corrected chi connectivity index (χ4v) is 2.50. The number of hydrogen-bond acceptors (Lipinski definition) is 5. The van der Waals surface area contributed by atoms with E-state index in [9.17, 15) is 13.2 Å². The van der Waals surface area contributed by atoms with E-state index in [1.165, 1.54) is 0 Å². The predicted molar refractivity (Wildman–Crippen MR) is 67.4 cm³/mol. The van der Waals surface area contributed by atoms with Gasteiger partial charge in [0.2, 0.25) is 15.9 Å². The Kier molecular flexibility index (Phi) is 5.51. The number of sulfonamides is 1. The van der Waals surface area contributed by atoms with E-state index >= 15 is 0 Å². The van der Waals surface area contributed by atoms with Crippen LogP contribution in [0.25, 0.3) is 0 Å². The highest BCUT2D eigenvalue weighted by molar-refractivity contribution is 7.89. The Labute approximate surface area is 107 Å². The number of amides is 1. The minimum Gasteiger partial charge on any atom is -0.384 e. The molecule has 1 aliphatic rings. The molecule has 0 atom stereocenters. The zero-order valence-corrected chi connectivity index (χ0v) is 11.4. The summed E-state index contributed by atoms with van der Waals surface area (Å²) in [5.41, 5.74) is -0.557. The van der Waals surface area contributed by atoms with Crippen molar-refractivity contribution in [3.8, 4) is 0 Å². The number of methoxy groups -OCH3 is 1. The Balaban J connectivity index is 2.54. The molecule has 0 saturated carbocycles. The van der Waals surface area contributed by atoms with E-state index in [1.54, 1.807) is 7.11 Å². The van der Waals surface area contributed by atoms with Gasteiger partial charge in [0, 0.05) is 13.7 Å². The van der Waals surface area contributed by atoms with Gasteiger partial charge >= 0.3 is 0 Å². The van der Waals surface area contributed by atoms with E-state index in [2.05, 4.69) is 10.6 Å². The van der Waals surface area contributed by atoms with Gasteiger partial charge in [-0.05, 0) is 25.9 Å². The normalized spacial score (nSPS) is 19.4. The molecule has 0 aromatic carbocycles. The standard InChI is InChI=1S/C10H21N3O4S/c1-17-8-10(2-4-12-5-3-10)9(14)13-6-7-18(11,15)16/h12H,2-8H2,1H3,(H,13,14)(H2,11,15,16). The number of primary sulfonamides is 1. The molecule has 8 heteroatoms. The van der Waals surface area contributed by atoms with Gasteiger partial charge in [-0.25, -0.2) is 13.6 Å². The molecule has 0 aromatic heterocycles. The first-order valence-corrected chi connectivity index (χ1v) is 7.60. The third kappa shape index (κ3) is 4.52. The van der Waals surface area contributed by atoms with E-state index in [1.807, 2.05) is 0 Å². The molecule has 0 unspecified atom stereocenters. The van der Waals surface area contributed by atoms with Crippen molar-refractivity contribution in [2.45, 2.75) is 12.8 Å². The number of nitrogens with one attached hydrogen (secondary N) is 2. The zero-order chi connectivity index (χ0) is 13.6. The van der Waals surface area contributed by atoms with Crippen molar-refractivity contribution in [1.29, 1.82) is 0 Å². The van der Waals surface area contributed by atoms with Crippen LogP contribution in [0.1, 0.15) is 12.8 Å². The molecule has 0 bridgehead atoms. The zero-order valence-electron chi connectivity index (χ0n) is 10.6. The maximum Gasteiger partial charge on any atom is 0.228 e. The largest absolute Gasteiger partial charge is 0.384 e. The molecule has 0 radical (unpaired) electrons. The van der Waals surface area contributed by atoms with Crippen LogP contribution in [-0.2, 0) is 19.6 Å². The number of ether oxygens (including phenoxy) is 1. The van der Waals surface area contributed by atoms with E-state index in [0.717, 1.165) is 13.1 Å². The molecule has 0 aromatic rings. The fourth-order valence-electron chi connectivity index (χ4n) is 2.11. The van der Waals surface area contributed by atoms with Crippen LogP contribution < -0.4 is 15.8 Å². The number of piperidine rings is 1. The fraction of sp³-hybridized carbons (Fsp3) is 0.900. The molecule has 18 heavy (non-hydrogen) atoms. The van der Waals surface area contributed by atoms with Gasteiger partial charge in [0.1, 0.15) is 0 Å². The molecule has 1 saturated heterocycles. The lowest BCUT2D eigenvalue weighted by atomic mass is 9.78. The number of carbonyl (C=O) groups is 1. The first kappa shape index (κ1) is 15.4. The van der Waals surface area contributed by atoms with Crippen molar-refractivity contribution in [2.75, 3.05) is 39.1 Å².